The number of carboxylic acids is 1. The third kappa shape index (κ3) is 3.54. The van der Waals surface area contributed by atoms with E-state index in [1.807, 2.05) is 0 Å². The van der Waals surface area contributed by atoms with Gasteiger partial charge in [0.15, 0.2) is 0 Å². The van der Waals surface area contributed by atoms with Gasteiger partial charge < -0.3 is 10.4 Å². The van der Waals surface area contributed by atoms with E-state index in [1.165, 1.54) is 11.3 Å². The van der Waals surface area contributed by atoms with Crippen LogP contribution in [0.15, 0.2) is 18.2 Å². The van der Waals surface area contributed by atoms with E-state index < -0.39 is 11.4 Å². The Hall–Kier alpha value is -1.30. The van der Waals surface area contributed by atoms with Crippen LogP contribution in [0.4, 0.5) is 0 Å². The fourth-order valence-corrected chi connectivity index (χ4v) is 3.57. The van der Waals surface area contributed by atoms with Crippen LogP contribution in [0.1, 0.15) is 29.9 Å². The predicted molar refractivity (Wildman–Crippen MR) is 90.2 cm³/mol. The summed E-state index contributed by atoms with van der Waals surface area (Å²) in [5.41, 5.74) is -0.884. The van der Waals surface area contributed by atoms with Gasteiger partial charge in [0.1, 0.15) is 4.88 Å². The minimum absolute atomic E-state index is 0.267. The first-order valence-corrected chi connectivity index (χ1v) is 8.19. The average molecular weight is 360 g/mol. The lowest BCUT2D eigenvalue weighted by Gasteiger charge is -2.18. The monoisotopic (exact) mass is 359 g/mol. The molecule has 0 fully saturated rings. The topological polar surface area (TPSA) is 66.4 Å². The average Bonchev–Trinajstić information content (AvgIpc) is 2.75. The normalized spacial score (nSPS) is 11.6. The summed E-state index contributed by atoms with van der Waals surface area (Å²) < 4.78 is 0.841. The van der Waals surface area contributed by atoms with Gasteiger partial charge in [0, 0.05) is 21.7 Å². The lowest BCUT2D eigenvalue weighted by Crippen LogP contribution is -2.31. The van der Waals surface area contributed by atoms with E-state index in [4.69, 9.17) is 28.3 Å². The van der Waals surface area contributed by atoms with Gasteiger partial charge >= 0.3 is 5.97 Å². The van der Waals surface area contributed by atoms with Gasteiger partial charge in [-0.1, -0.05) is 29.3 Å². The Kier molecular flexibility index (Phi) is 5.00. The van der Waals surface area contributed by atoms with Crippen LogP contribution in [0.25, 0.3) is 10.1 Å². The Labute approximate surface area is 142 Å². The number of hydrogen-bond acceptors (Lipinski definition) is 3. The Morgan fingerprint density at radius 3 is 2.64 bits per heavy atom. The summed E-state index contributed by atoms with van der Waals surface area (Å²) in [6.45, 7) is 3.51. The zero-order valence-corrected chi connectivity index (χ0v) is 14.4. The van der Waals surface area contributed by atoms with Crippen LogP contribution < -0.4 is 5.32 Å². The molecule has 0 bridgehead atoms. The van der Waals surface area contributed by atoms with Gasteiger partial charge in [0.05, 0.1) is 10.4 Å². The molecule has 0 aliphatic carbocycles. The number of thiophene rings is 1. The Morgan fingerprint density at radius 2 is 2.00 bits per heavy atom. The van der Waals surface area contributed by atoms with Crippen molar-refractivity contribution in [2.75, 3.05) is 6.54 Å². The molecule has 118 valence electrons. The summed E-state index contributed by atoms with van der Waals surface area (Å²) in [7, 11) is 0. The number of amides is 1. The maximum atomic E-state index is 12.2. The number of fused-ring (bicyclic) bond motifs is 1. The quantitative estimate of drug-likeness (QED) is 0.829. The van der Waals surface area contributed by atoms with Gasteiger partial charge in [0.25, 0.3) is 5.91 Å². The number of hydrogen-bond donors (Lipinski definition) is 2. The van der Waals surface area contributed by atoms with Crippen molar-refractivity contribution in [2.24, 2.45) is 5.41 Å². The molecule has 2 aromatic rings. The fourth-order valence-electron chi connectivity index (χ4n) is 1.86. The van der Waals surface area contributed by atoms with E-state index in [9.17, 15) is 9.59 Å². The number of nitrogens with one attached hydrogen (secondary N) is 1. The molecule has 0 atom stereocenters. The zero-order chi connectivity index (χ0) is 16.5. The number of rotatable bonds is 5. The van der Waals surface area contributed by atoms with Crippen molar-refractivity contribution in [3.63, 3.8) is 0 Å². The van der Waals surface area contributed by atoms with E-state index in [0.29, 0.717) is 21.3 Å². The van der Waals surface area contributed by atoms with E-state index in [1.54, 1.807) is 32.0 Å². The second-order valence-electron chi connectivity index (χ2n) is 5.58. The van der Waals surface area contributed by atoms with Gasteiger partial charge in [-0.15, -0.1) is 11.3 Å². The molecule has 0 aliphatic heterocycles. The number of aliphatic carboxylic acids is 1. The molecule has 1 aromatic carbocycles. The van der Waals surface area contributed by atoms with Crippen molar-refractivity contribution in [3.05, 3.63) is 33.1 Å². The first-order chi connectivity index (χ1) is 10.2. The highest BCUT2D eigenvalue weighted by Crippen LogP contribution is 2.36. The summed E-state index contributed by atoms with van der Waals surface area (Å²) in [6, 6.07) is 5.26. The molecule has 0 spiro atoms. The summed E-state index contributed by atoms with van der Waals surface area (Å²) >= 11 is 13.4. The summed E-state index contributed by atoms with van der Waals surface area (Å²) in [5.74, 6) is -1.19. The largest absolute Gasteiger partial charge is 0.481 e. The molecule has 1 heterocycles. The first-order valence-electron chi connectivity index (χ1n) is 6.61. The Balaban J connectivity index is 2.10. The maximum Gasteiger partial charge on any atom is 0.309 e. The Bertz CT molecular complexity index is 740. The second kappa shape index (κ2) is 6.44. The van der Waals surface area contributed by atoms with Gasteiger partial charge in [-0.05, 0) is 32.4 Å². The van der Waals surface area contributed by atoms with Crippen molar-refractivity contribution in [1.29, 1.82) is 0 Å². The van der Waals surface area contributed by atoms with Crippen LogP contribution in [0, 0.1) is 5.41 Å². The number of carbonyl (C=O) groups is 2. The van der Waals surface area contributed by atoms with E-state index >= 15 is 0 Å². The van der Waals surface area contributed by atoms with Gasteiger partial charge in [-0.25, -0.2) is 0 Å². The molecular formula is C15H15Cl2NO3S. The maximum absolute atomic E-state index is 12.2. The lowest BCUT2D eigenvalue weighted by atomic mass is 9.90. The molecule has 1 aromatic heterocycles. The molecule has 0 saturated heterocycles. The van der Waals surface area contributed by atoms with Crippen molar-refractivity contribution in [2.45, 2.75) is 20.3 Å². The highest BCUT2D eigenvalue weighted by atomic mass is 35.5. The van der Waals surface area contributed by atoms with Crippen LogP contribution >= 0.6 is 34.5 Å². The Morgan fingerprint density at radius 1 is 1.32 bits per heavy atom. The van der Waals surface area contributed by atoms with Crippen LogP contribution in [-0.2, 0) is 4.79 Å². The molecule has 1 amide bonds. The first kappa shape index (κ1) is 17.1. The number of carbonyl (C=O) groups excluding carboxylic acids is 1. The summed E-state index contributed by atoms with van der Waals surface area (Å²) in [4.78, 5) is 23.6. The SMILES string of the molecule is CC(C)(CCNC(=O)c1sc2cc(Cl)ccc2c1Cl)C(=O)O. The molecule has 0 unspecified atom stereocenters. The minimum atomic E-state index is -0.892. The van der Waals surface area contributed by atoms with Gasteiger partial charge in [-0.2, -0.15) is 0 Å². The van der Waals surface area contributed by atoms with Crippen molar-refractivity contribution in [1.82, 2.24) is 5.32 Å². The van der Waals surface area contributed by atoms with Crippen molar-refractivity contribution >= 4 is 56.5 Å². The smallest absolute Gasteiger partial charge is 0.309 e. The van der Waals surface area contributed by atoms with Crippen molar-refractivity contribution in [3.8, 4) is 0 Å². The predicted octanol–water partition coefficient (Wildman–Crippen LogP) is 4.44. The third-order valence-corrected chi connectivity index (χ3v) is 5.30. The van der Waals surface area contributed by atoms with E-state index in [-0.39, 0.29) is 12.5 Å². The number of benzene rings is 1. The van der Waals surface area contributed by atoms with Crippen LogP contribution in [0.2, 0.25) is 10.0 Å². The van der Waals surface area contributed by atoms with E-state index in [2.05, 4.69) is 5.32 Å². The molecule has 2 rings (SSSR count). The molecule has 0 aliphatic rings. The zero-order valence-electron chi connectivity index (χ0n) is 12.1. The molecule has 22 heavy (non-hydrogen) atoms. The van der Waals surface area contributed by atoms with Crippen LogP contribution in [0.5, 0.6) is 0 Å². The van der Waals surface area contributed by atoms with Crippen LogP contribution in [0.3, 0.4) is 0 Å². The van der Waals surface area contributed by atoms with Crippen molar-refractivity contribution < 1.29 is 14.7 Å². The summed E-state index contributed by atoms with van der Waals surface area (Å²) in [6.07, 6.45) is 0.336. The molecule has 0 saturated carbocycles. The highest BCUT2D eigenvalue weighted by molar-refractivity contribution is 7.21. The highest BCUT2D eigenvalue weighted by Gasteiger charge is 2.27. The second-order valence-corrected chi connectivity index (χ2v) is 7.45. The summed E-state index contributed by atoms with van der Waals surface area (Å²) in [5, 5.41) is 13.5. The lowest BCUT2D eigenvalue weighted by molar-refractivity contribution is -0.147. The fraction of sp³-hybridized carbons (Fsp3) is 0.333. The molecule has 7 heteroatoms. The minimum Gasteiger partial charge on any atom is -0.481 e. The molecular weight excluding hydrogens is 345 g/mol. The van der Waals surface area contributed by atoms with Crippen LogP contribution in [-0.4, -0.2) is 23.5 Å². The van der Waals surface area contributed by atoms with E-state index in [0.717, 1.165) is 10.1 Å². The molecule has 4 nitrogen and oxygen atoms in total. The standard InChI is InChI=1S/C15H15Cl2NO3S/c1-15(2,14(20)21)5-6-18-13(19)12-11(17)9-4-3-8(16)7-10(9)22-12/h3-4,7H,5-6H2,1-2H3,(H,18,19)(H,20,21). The number of carboxylic acid groups (broad SMARTS) is 1. The number of halogens is 2. The van der Waals surface area contributed by atoms with Gasteiger partial charge in [-0.3, -0.25) is 9.59 Å². The molecule has 2 N–H and O–H groups in total. The molecule has 0 radical (unpaired) electrons. The third-order valence-electron chi connectivity index (χ3n) is 3.41. The van der Waals surface area contributed by atoms with Gasteiger partial charge in [0.2, 0.25) is 0 Å².